The number of nitrogens with zero attached hydrogens (tertiary/aromatic N) is 2. The number of phenols is 2. The van der Waals surface area contributed by atoms with Crippen LogP contribution in [0.25, 0.3) is 0 Å². The van der Waals surface area contributed by atoms with Crippen molar-refractivity contribution in [3.8, 4) is 11.5 Å². The monoisotopic (exact) mass is 695 g/mol. The summed E-state index contributed by atoms with van der Waals surface area (Å²) in [6, 6.07) is 9.74. The van der Waals surface area contributed by atoms with Crippen LogP contribution < -0.4 is 0 Å². The second kappa shape index (κ2) is 12.5. The molecule has 10 rings (SSSR count). The van der Waals surface area contributed by atoms with E-state index in [4.69, 9.17) is 0 Å². The molecule has 0 aliphatic heterocycles. The predicted octanol–water partition coefficient (Wildman–Crippen LogP) is 10.6. The van der Waals surface area contributed by atoms with Gasteiger partial charge in [-0.05, 0) is 166 Å². The first-order chi connectivity index (χ1) is 23.9. The van der Waals surface area contributed by atoms with E-state index in [-0.39, 0.29) is 27.7 Å². The molecule has 0 aromatic heterocycles. The van der Waals surface area contributed by atoms with E-state index in [0.717, 1.165) is 66.3 Å². The zero-order chi connectivity index (χ0) is 36.2. The largest absolute Gasteiger partial charge is 0.507 e. The summed E-state index contributed by atoms with van der Waals surface area (Å²) < 4.78 is 0. The molecule has 0 heterocycles. The molecule has 280 valence electrons. The highest BCUT2D eigenvalue weighted by Gasteiger charge is 2.54. The summed E-state index contributed by atoms with van der Waals surface area (Å²) in [6.07, 6.45) is 16.1. The molecule has 0 unspecified atom stereocenters. The van der Waals surface area contributed by atoms with Gasteiger partial charge in [-0.2, -0.15) is 0 Å². The molecule has 0 amide bonds. The van der Waals surface area contributed by atoms with Crippen LogP contribution in [0.15, 0.2) is 24.3 Å². The van der Waals surface area contributed by atoms with Crippen molar-refractivity contribution in [1.29, 1.82) is 0 Å². The van der Waals surface area contributed by atoms with Crippen LogP contribution in [0, 0.1) is 35.5 Å². The molecule has 0 spiro atoms. The summed E-state index contributed by atoms with van der Waals surface area (Å²) in [5.74, 6) is 6.27. The van der Waals surface area contributed by atoms with Crippen molar-refractivity contribution in [2.75, 3.05) is 20.6 Å². The molecule has 8 bridgehead atoms. The molecule has 0 radical (unpaired) electrons. The van der Waals surface area contributed by atoms with E-state index in [2.05, 4.69) is 96.6 Å². The first-order valence-corrected chi connectivity index (χ1v) is 21.0. The van der Waals surface area contributed by atoms with Gasteiger partial charge in [-0.15, -0.1) is 0 Å². The van der Waals surface area contributed by atoms with Gasteiger partial charge in [0.25, 0.3) is 0 Å². The van der Waals surface area contributed by atoms with E-state index in [9.17, 15) is 10.2 Å². The molecule has 8 fully saturated rings. The minimum atomic E-state index is 0.0303. The number of likely N-dealkylation sites (N-methyl/N-ethyl adjacent to an activating group) is 2. The van der Waals surface area contributed by atoms with Crippen molar-refractivity contribution in [2.45, 2.75) is 166 Å². The number of aromatic hydroxyl groups is 2. The highest BCUT2D eigenvalue weighted by molar-refractivity contribution is 5.52. The van der Waals surface area contributed by atoms with Gasteiger partial charge in [0.1, 0.15) is 11.5 Å². The van der Waals surface area contributed by atoms with E-state index in [0.29, 0.717) is 11.5 Å². The fourth-order valence-electron chi connectivity index (χ4n) is 13.6. The van der Waals surface area contributed by atoms with Gasteiger partial charge in [0.15, 0.2) is 0 Å². The van der Waals surface area contributed by atoms with Crippen molar-refractivity contribution in [1.82, 2.24) is 9.80 Å². The highest BCUT2D eigenvalue weighted by atomic mass is 16.3. The third-order valence-corrected chi connectivity index (χ3v) is 15.5. The van der Waals surface area contributed by atoms with Crippen LogP contribution in [0.5, 0.6) is 11.5 Å². The summed E-state index contributed by atoms with van der Waals surface area (Å²) >= 11 is 0. The molecule has 2 aromatic carbocycles. The molecule has 8 aliphatic rings. The summed E-state index contributed by atoms with van der Waals surface area (Å²) in [7, 11) is 4.45. The maximum atomic E-state index is 12.1. The van der Waals surface area contributed by atoms with E-state index in [1.165, 1.54) is 99.3 Å². The number of hydrogen-bond donors (Lipinski definition) is 2. The van der Waals surface area contributed by atoms with E-state index in [1.54, 1.807) is 0 Å². The number of hydrogen-bond acceptors (Lipinski definition) is 4. The zero-order valence-electron chi connectivity index (χ0n) is 33.7. The van der Waals surface area contributed by atoms with Crippen LogP contribution in [0.1, 0.15) is 159 Å². The van der Waals surface area contributed by atoms with E-state index in [1.807, 2.05) is 0 Å². The Labute approximate surface area is 310 Å². The smallest absolute Gasteiger partial charge is 0.123 e. The van der Waals surface area contributed by atoms with Crippen LogP contribution in [0.2, 0.25) is 0 Å². The fraction of sp³-hybridized carbons (Fsp3) is 0.745. The number of rotatable bonds is 9. The van der Waals surface area contributed by atoms with Gasteiger partial charge in [-0.25, -0.2) is 0 Å². The Morgan fingerprint density at radius 2 is 0.922 bits per heavy atom. The molecule has 4 heteroatoms. The van der Waals surface area contributed by atoms with Crippen LogP contribution in [0.3, 0.4) is 0 Å². The summed E-state index contributed by atoms with van der Waals surface area (Å²) in [5.41, 5.74) is 7.86. The van der Waals surface area contributed by atoms with Gasteiger partial charge in [0, 0.05) is 47.9 Å². The molecule has 8 saturated carbocycles. The lowest BCUT2D eigenvalue weighted by molar-refractivity contribution is -0.00645. The summed E-state index contributed by atoms with van der Waals surface area (Å²) in [4.78, 5) is 4.85. The lowest BCUT2D eigenvalue weighted by atomic mass is 9.47. The maximum Gasteiger partial charge on any atom is 0.123 e. The van der Waals surface area contributed by atoms with E-state index < -0.39 is 0 Å². The lowest BCUT2D eigenvalue weighted by Crippen LogP contribution is -2.48. The van der Waals surface area contributed by atoms with Gasteiger partial charge in [0.2, 0.25) is 0 Å². The van der Waals surface area contributed by atoms with Gasteiger partial charge in [0.05, 0.1) is 0 Å². The Kier molecular flexibility index (Phi) is 8.82. The molecular formula is C47H70N2O2. The van der Waals surface area contributed by atoms with Crippen molar-refractivity contribution in [2.24, 2.45) is 35.5 Å². The predicted molar refractivity (Wildman–Crippen MR) is 211 cm³/mol. The normalized spacial score (nSPS) is 34.6. The van der Waals surface area contributed by atoms with Gasteiger partial charge in [-0.3, -0.25) is 4.90 Å². The zero-order valence-corrected chi connectivity index (χ0v) is 33.7. The topological polar surface area (TPSA) is 46.9 Å². The molecule has 0 saturated heterocycles. The maximum absolute atomic E-state index is 12.1. The number of phenolic OH excluding ortho intramolecular Hbond substituents is 2. The fourth-order valence-corrected chi connectivity index (χ4v) is 13.6. The Bertz CT molecular complexity index is 1570. The first-order valence-electron chi connectivity index (χ1n) is 21.0. The minimum absolute atomic E-state index is 0.0303. The summed E-state index contributed by atoms with van der Waals surface area (Å²) in [5, 5.41) is 24.2. The van der Waals surface area contributed by atoms with Gasteiger partial charge in [-0.1, -0.05) is 65.8 Å². The lowest BCUT2D eigenvalue weighted by Gasteiger charge is -2.57. The highest BCUT2D eigenvalue weighted by Crippen LogP contribution is 2.64. The average molecular weight is 695 g/mol. The first kappa shape index (κ1) is 36.0. The third kappa shape index (κ3) is 6.59. The van der Waals surface area contributed by atoms with Gasteiger partial charge >= 0.3 is 0 Å². The van der Waals surface area contributed by atoms with Crippen LogP contribution in [0.4, 0.5) is 0 Å². The second-order valence-electron chi connectivity index (χ2n) is 21.9. The SMILES string of the molecule is C[C@H](CN(C)Cc1cc(C(C)(C)C)cc(C23CC4CC(CC(C4)C2)C3)c1O)N(C)Cc1cc(C(C)(C)C)cc(C23CC4CC(CC(C4)C2)C3)c1O. The second-order valence-corrected chi connectivity index (χ2v) is 21.9. The third-order valence-electron chi connectivity index (χ3n) is 15.5. The quantitative estimate of drug-likeness (QED) is 0.274. The van der Waals surface area contributed by atoms with Crippen LogP contribution in [-0.2, 0) is 34.7 Å². The molecule has 8 aliphatic carbocycles. The Hall–Kier alpha value is -2.04. The van der Waals surface area contributed by atoms with Gasteiger partial charge < -0.3 is 15.1 Å². The van der Waals surface area contributed by atoms with Crippen LogP contribution >= 0.6 is 0 Å². The number of benzene rings is 2. The minimum Gasteiger partial charge on any atom is -0.507 e. The molecule has 2 N–H and O–H groups in total. The molecule has 1 atom stereocenters. The van der Waals surface area contributed by atoms with Crippen molar-refractivity contribution in [3.63, 3.8) is 0 Å². The standard InChI is InChI=1S/C47H70N2O2/c1-29(49(9)28-37-17-39(45(5,6)7)19-41(43(37)51)47-23-33-13-34(24-47)15-35(14-33)25-47)26-48(8)27-36-16-38(44(2,3)4)18-40(42(36)50)46-20-30-10-31(21-46)12-32(11-30)22-46/h16-19,29-35,50-51H,10-15,20-28H2,1-9H3/t29-,30?,31?,32?,33?,34?,35?,46?,47?/m1/s1. The Balaban J connectivity index is 1.02. The van der Waals surface area contributed by atoms with Crippen molar-refractivity contribution < 1.29 is 10.2 Å². The van der Waals surface area contributed by atoms with Crippen molar-refractivity contribution >= 4 is 0 Å². The molecular weight excluding hydrogens is 625 g/mol. The Morgan fingerprint density at radius 1 is 0.588 bits per heavy atom. The summed E-state index contributed by atoms with van der Waals surface area (Å²) in [6.45, 7) is 18.7. The molecule has 51 heavy (non-hydrogen) atoms. The molecule has 4 nitrogen and oxygen atoms in total. The van der Waals surface area contributed by atoms with Crippen LogP contribution in [-0.4, -0.2) is 46.7 Å². The Morgan fingerprint density at radius 3 is 1.25 bits per heavy atom. The molecule has 2 aromatic rings. The van der Waals surface area contributed by atoms with E-state index >= 15 is 0 Å². The average Bonchev–Trinajstić information content (AvgIpc) is 3.00. The van der Waals surface area contributed by atoms with Crippen molar-refractivity contribution in [3.05, 3.63) is 57.6 Å².